The van der Waals surface area contributed by atoms with Gasteiger partial charge in [0.05, 0.1) is 47.1 Å². The summed E-state index contributed by atoms with van der Waals surface area (Å²) in [6.07, 6.45) is 2.95. The third-order valence-electron chi connectivity index (χ3n) is 10.8. The van der Waals surface area contributed by atoms with Gasteiger partial charge in [0.1, 0.15) is 53.2 Å². The van der Waals surface area contributed by atoms with Gasteiger partial charge in [-0.05, 0) is 19.3 Å². The van der Waals surface area contributed by atoms with E-state index in [0.29, 0.717) is 33.5 Å². The Morgan fingerprint density at radius 2 is 0.739 bits per heavy atom. The molecule has 1 N–H and O–H groups in total. The molecular formula is C40H62N10O19. The van der Waals surface area contributed by atoms with Crippen molar-refractivity contribution >= 4 is 30.0 Å². The molecule has 4 amide bonds. The first-order valence-corrected chi connectivity index (χ1v) is 22.4. The normalized spacial score (nSPS) is 15.6. The Balaban J connectivity index is 1.54. The van der Waals surface area contributed by atoms with Crippen LogP contribution in [0, 0.1) is 0 Å². The molecule has 29 heteroatoms. The van der Waals surface area contributed by atoms with Gasteiger partial charge in [0.25, 0.3) is 0 Å². The quantitative estimate of drug-likeness (QED) is 0.0439. The minimum atomic E-state index is -1.44. The van der Waals surface area contributed by atoms with Gasteiger partial charge in [-0.3, -0.25) is 34.0 Å². The maximum atomic E-state index is 14.1. The molecule has 2 fully saturated rings. The number of aliphatic hydroxyl groups is 1. The number of fused-ring (bicyclic) bond motifs is 1. The van der Waals surface area contributed by atoms with Crippen molar-refractivity contribution < 1.29 is 62.2 Å². The fourth-order valence-electron chi connectivity index (χ4n) is 7.09. The van der Waals surface area contributed by atoms with Crippen LogP contribution in [0.5, 0.6) is 0 Å². The number of carbonyl (C=O) groups excluding carboxylic acids is 5. The zero-order chi connectivity index (χ0) is 50.8. The summed E-state index contributed by atoms with van der Waals surface area (Å²) < 4.78 is 39.9. The highest BCUT2D eigenvalue weighted by atomic mass is 16.5. The summed E-state index contributed by atoms with van der Waals surface area (Å²) in [6, 6.07) is -0.997. The summed E-state index contributed by atoms with van der Waals surface area (Å²) in [6.45, 7) is -0.588. The highest BCUT2D eigenvalue weighted by Gasteiger charge is 2.59. The number of methoxy groups -OCH3 is 2. The number of aromatic nitrogens is 6. The summed E-state index contributed by atoms with van der Waals surface area (Å²) in [5.74, 6) is -3.47. The molecule has 0 aliphatic carbocycles. The number of aliphatic hydroxyl groups excluding tert-OH is 1. The molecule has 2 aliphatic rings. The van der Waals surface area contributed by atoms with Crippen LogP contribution in [-0.4, -0.2) is 175 Å². The van der Waals surface area contributed by atoms with Gasteiger partial charge >= 0.3 is 64.1 Å². The van der Waals surface area contributed by atoms with Crippen molar-refractivity contribution in [2.24, 2.45) is 0 Å². The Morgan fingerprint density at radius 1 is 0.435 bits per heavy atom. The van der Waals surface area contributed by atoms with Gasteiger partial charge in [0, 0.05) is 19.8 Å². The van der Waals surface area contributed by atoms with Crippen LogP contribution in [0.4, 0.5) is 9.59 Å². The highest BCUT2D eigenvalue weighted by molar-refractivity contribution is 5.85. The summed E-state index contributed by atoms with van der Waals surface area (Å²) in [4.78, 5) is 150. The van der Waals surface area contributed by atoms with Crippen LogP contribution in [0.3, 0.4) is 0 Å². The van der Waals surface area contributed by atoms with Gasteiger partial charge in [0.2, 0.25) is 0 Å². The SMILES string of the molecule is CCCCOCN1C(=O)N(COCCCC)C2C1N(COCCCC)C(=O)N2COCCn1c(=O)n(CCO)c(=O)n(CCOC(=O)Cn2c(=O)n(CC(=O)OC)c(=O)n(CC(=O)OC)c2=O)c1=O. The van der Waals surface area contributed by atoms with Crippen LogP contribution in [0.25, 0.3) is 0 Å². The van der Waals surface area contributed by atoms with Crippen LogP contribution in [0.1, 0.15) is 59.3 Å². The summed E-state index contributed by atoms with van der Waals surface area (Å²) in [7, 11) is 1.92. The topological polar surface area (TPSA) is 315 Å². The van der Waals surface area contributed by atoms with E-state index in [0.717, 1.165) is 52.7 Å². The monoisotopic (exact) mass is 986 g/mol. The van der Waals surface area contributed by atoms with Gasteiger partial charge in [-0.1, -0.05) is 40.0 Å². The molecule has 0 spiro atoms. The second-order valence-corrected chi connectivity index (χ2v) is 15.5. The zero-order valence-corrected chi connectivity index (χ0v) is 39.5. The van der Waals surface area contributed by atoms with Crippen molar-refractivity contribution in [2.75, 3.05) is 80.8 Å². The van der Waals surface area contributed by atoms with Crippen LogP contribution < -0.4 is 34.1 Å². The number of rotatable bonds is 31. The molecule has 2 aromatic rings. The molecule has 4 rings (SSSR count). The Bertz CT molecular complexity index is 2410. The number of nitrogens with zero attached hydrogens (tertiary/aromatic N) is 10. The first kappa shape index (κ1) is 55.2. The van der Waals surface area contributed by atoms with E-state index >= 15 is 0 Å². The smallest absolute Gasteiger partial charge is 0.337 e. The average Bonchev–Trinajstić information content (AvgIpc) is 3.75. The van der Waals surface area contributed by atoms with E-state index in [1.54, 1.807) is 0 Å². The van der Waals surface area contributed by atoms with Crippen LogP contribution in [0.2, 0.25) is 0 Å². The summed E-state index contributed by atoms with van der Waals surface area (Å²) >= 11 is 0. The number of esters is 3. The number of carbonyl (C=O) groups is 5. The van der Waals surface area contributed by atoms with E-state index in [-0.39, 0.29) is 33.9 Å². The van der Waals surface area contributed by atoms with E-state index in [2.05, 4.69) is 9.47 Å². The molecule has 386 valence electrons. The number of amides is 4. The van der Waals surface area contributed by atoms with E-state index in [9.17, 15) is 57.8 Å². The minimum Gasteiger partial charge on any atom is -0.468 e. The van der Waals surface area contributed by atoms with Crippen molar-refractivity contribution in [3.8, 4) is 0 Å². The predicted octanol–water partition coefficient (Wildman–Crippen LogP) is -3.34. The second-order valence-electron chi connectivity index (χ2n) is 15.5. The predicted molar refractivity (Wildman–Crippen MR) is 234 cm³/mol. The Labute approximate surface area is 393 Å². The molecule has 2 aromatic heterocycles. The fourth-order valence-corrected chi connectivity index (χ4v) is 7.09. The molecule has 2 unspecified atom stereocenters. The van der Waals surface area contributed by atoms with Gasteiger partial charge < -0.3 is 38.3 Å². The number of ether oxygens (including phenoxy) is 7. The zero-order valence-electron chi connectivity index (χ0n) is 39.5. The van der Waals surface area contributed by atoms with Crippen LogP contribution in [-0.2, 0) is 86.8 Å². The van der Waals surface area contributed by atoms with E-state index in [4.69, 9.17) is 23.7 Å². The lowest BCUT2D eigenvalue weighted by molar-refractivity contribution is -0.145. The Kier molecular flexibility index (Phi) is 21.5. The highest BCUT2D eigenvalue weighted by Crippen LogP contribution is 2.35. The molecule has 69 heavy (non-hydrogen) atoms. The lowest BCUT2D eigenvalue weighted by Gasteiger charge is -2.29. The van der Waals surface area contributed by atoms with Crippen molar-refractivity contribution in [3.63, 3.8) is 0 Å². The molecule has 2 aliphatic heterocycles. The standard InChI is InChI=1S/C40H62N10O19/c1-6-9-16-65-24-47-31-32(49(39(47)61)26-67-18-11-8-3)50(40(62)48(31)25-66-17-10-7-2)27-68-19-13-42-33(55)41(12-15-51)34(56)43(35(42)57)14-20-69-30(54)23-46-37(59)44(21-28(52)63-4)36(58)45(38(46)60)22-29(53)64-5/h31-32,51H,6-27H2,1-5H3. The Morgan fingerprint density at radius 3 is 1.07 bits per heavy atom. The second kappa shape index (κ2) is 26.9. The maximum absolute atomic E-state index is 14.1. The van der Waals surface area contributed by atoms with Crippen molar-refractivity contribution in [1.29, 1.82) is 0 Å². The molecule has 2 atom stereocenters. The minimum absolute atomic E-state index is 0.120. The largest absolute Gasteiger partial charge is 0.468 e. The van der Waals surface area contributed by atoms with E-state index in [1.165, 1.54) is 19.6 Å². The molecule has 0 aromatic carbocycles. The number of hydrogen-bond donors (Lipinski definition) is 1. The molecule has 0 bridgehead atoms. The molecule has 0 radical (unpaired) electrons. The lowest BCUT2D eigenvalue weighted by Crippen LogP contribution is -2.56. The van der Waals surface area contributed by atoms with Gasteiger partial charge in [-0.15, -0.1) is 0 Å². The number of unbranched alkanes of at least 4 members (excludes halogenated alkanes) is 3. The first-order valence-electron chi connectivity index (χ1n) is 22.4. The molecule has 29 nitrogen and oxygen atoms in total. The number of hydrogen-bond acceptors (Lipinski definition) is 19. The maximum Gasteiger partial charge on any atom is 0.337 e. The van der Waals surface area contributed by atoms with Crippen molar-refractivity contribution in [1.82, 2.24) is 47.0 Å². The van der Waals surface area contributed by atoms with Crippen LogP contribution in [0.15, 0.2) is 28.8 Å². The average molecular weight is 987 g/mol. The summed E-state index contributed by atoms with van der Waals surface area (Å²) in [5, 5.41) is 9.67. The van der Waals surface area contributed by atoms with Crippen molar-refractivity contribution in [2.45, 2.75) is 111 Å². The molecule has 0 saturated carbocycles. The Hall–Kier alpha value is -6.43. The fraction of sp³-hybridized carbons (Fsp3) is 0.725. The third-order valence-corrected chi connectivity index (χ3v) is 10.8. The van der Waals surface area contributed by atoms with E-state index in [1.807, 2.05) is 20.8 Å². The van der Waals surface area contributed by atoms with Gasteiger partial charge in [0.15, 0.2) is 12.3 Å². The summed E-state index contributed by atoms with van der Waals surface area (Å²) in [5.41, 5.74) is -7.74. The van der Waals surface area contributed by atoms with Gasteiger partial charge in [-0.25, -0.2) is 65.8 Å². The van der Waals surface area contributed by atoms with Crippen LogP contribution >= 0.6 is 0 Å². The van der Waals surface area contributed by atoms with Gasteiger partial charge in [-0.2, -0.15) is 0 Å². The third kappa shape index (κ3) is 13.4. The number of urea groups is 2. The van der Waals surface area contributed by atoms with Crippen molar-refractivity contribution in [3.05, 3.63) is 62.9 Å². The molecule has 2 saturated heterocycles. The molecule has 4 heterocycles. The molecular weight excluding hydrogens is 924 g/mol. The van der Waals surface area contributed by atoms with E-state index < -0.39 is 142 Å². The lowest BCUT2D eigenvalue weighted by atomic mass is 10.3. The first-order chi connectivity index (χ1) is 33.1.